The number of ketones is 1. The van der Waals surface area contributed by atoms with Crippen molar-refractivity contribution in [1.29, 1.82) is 0 Å². The fraction of sp³-hybridized carbons (Fsp3) is 0.605. The number of nitrogens with one attached hydrogen (secondary N) is 3. The highest BCUT2D eigenvalue weighted by Gasteiger charge is 2.43. The lowest BCUT2D eigenvalue weighted by molar-refractivity contribution is -0.133. The summed E-state index contributed by atoms with van der Waals surface area (Å²) in [5, 5.41) is 6.99. The summed E-state index contributed by atoms with van der Waals surface area (Å²) in [7, 11) is 2.44. The van der Waals surface area contributed by atoms with E-state index in [0.29, 0.717) is 31.9 Å². The molecule has 4 rings (SSSR count). The third kappa shape index (κ3) is 13.8. The Hall–Kier alpha value is -4.57. The zero-order valence-electron chi connectivity index (χ0n) is 34.9. The number of ether oxygens (including phenoxy) is 4. The molecule has 1 aliphatic heterocycles. The molecule has 5 N–H and O–H groups in total. The molecule has 2 aromatic carbocycles. The Labute approximate surface area is 343 Å². The highest BCUT2D eigenvalue weighted by molar-refractivity contribution is 5.92. The Morgan fingerprint density at radius 1 is 0.828 bits per heavy atom. The highest BCUT2D eigenvalue weighted by Crippen LogP contribution is 2.31. The molecule has 0 spiro atoms. The molecule has 1 heterocycles. The number of morpholine rings is 1. The summed E-state index contributed by atoms with van der Waals surface area (Å²) < 4.78 is 21.6. The maximum atomic E-state index is 15.0. The first-order valence-corrected chi connectivity index (χ1v) is 20.5. The van der Waals surface area contributed by atoms with Crippen molar-refractivity contribution < 1.29 is 42.9 Å². The van der Waals surface area contributed by atoms with Gasteiger partial charge in [0, 0.05) is 32.2 Å². The Kier molecular flexibility index (Phi) is 18.4. The minimum Gasteiger partial charge on any atom is -0.456 e. The Bertz CT molecular complexity index is 1610. The van der Waals surface area contributed by atoms with Crippen molar-refractivity contribution in [3.8, 4) is 0 Å². The molecule has 2 aromatic rings. The average molecular weight is 809 g/mol. The molecule has 58 heavy (non-hydrogen) atoms. The molecule has 5 atom stereocenters. The molecule has 2 aliphatic rings. The minimum atomic E-state index is -1.24. The quantitative estimate of drug-likeness (QED) is 0.0878. The summed E-state index contributed by atoms with van der Waals surface area (Å²) >= 11 is 0. The zero-order chi connectivity index (χ0) is 42.2. The highest BCUT2D eigenvalue weighted by atomic mass is 16.6. The van der Waals surface area contributed by atoms with Crippen LogP contribution in [0.15, 0.2) is 54.6 Å². The lowest BCUT2D eigenvalue weighted by atomic mass is 9.80. The number of hydrazine groups is 1. The van der Waals surface area contributed by atoms with Gasteiger partial charge in [0.25, 0.3) is 5.91 Å². The Morgan fingerprint density at radius 2 is 1.41 bits per heavy atom. The van der Waals surface area contributed by atoms with Crippen LogP contribution in [-0.2, 0) is 35.1 Å². The summed E-state index contributed by atoms with van der Waals surface area (Å²) in [6.45, 7) is 11.1. The van der Waals surface area contributed by atoms with Crippen molar-refractivity contribution in [3.05, 3.63) is 71.3 Å². The number of benzene rings is 2. The van der Waals surface area contributed by atoms with E-state index in [9.17, 15) is 24.0 Å². The zero-order valence-corrected chi connectivity index (χ0v) is 34.9. The SMILES string of the molecule is COC(=O)N[C@H](C(=O)NN(CC1CCCCC1)C[C@@H](OC(=O)c1ccc(CN2CCOCC2)cc1)[C@@H](C(=O)[C@@H](NC(=O)OC)C(C)C)C(N)c1ccccc1)C(C)C. The van der Waals surface area contributed by atoms with E-state index in [0.717, 1.165) is 50.8 Å². The number of rotatable bonds is 19. The van der Waals surface area contributed by atoms with Crippen molar-refractivity contribution in [2.75, 3.05) is 53.6 Å². The van der Waals surface area contributed by atoms with E-state index in [-0.39, 0.29) is 23.9 Å². The van der Waals surface area contributed by atoms with Crippen LogP contribution < -0.4 is 21.8 Å². The molecule has 15 nitrogen and oxygen atoms in total. The molecule has 3 amide bonds. The molecule has 0 bridgehead atoms. The predicted octanol–water partition coefficient (Wildman–Crippen LogP) is 4.60. The summed E-state index contributed by atoms with van der Waals surface area (Å²) in [5.41, 5.74) is 12.0. The number of nitrogens with two attached hydrogens (primary N) is 1. The average Bonchev–Trinajstić information content (AvgIpc) is 3.22. The number of amides is 3. The molecule has 0 aromatic heterocycles. The van der Waals surface area contributed by atoms with Gasteiger partial charge >= 0.3 is 18.2 Å². The normalized spacial score (nSPS) is 17.8. The molecule has 0 radical (unpaired) electrons. The van der Waals surface area contributed by atoms with Gasteiger partial charge in [0.15, 0.2) is 5.78 Å². The third-order valence-electron chi connectivity index (χ3n) is 11.0. The largest absolute Gasteiger partial charge is 0.456 e. The molecular weight excluding hydrogens is 745 g/mol. The number of esters is 1. The topological polar surface area (TPSA) is 191 Å². The van der Waals surface area contributed by atoms with Crippen LogP contribution in [0.3, 0.4) is 0 Å². The summed E-state index contributed by atoms with van der Waals surface area (Å²) in [5.74, 6) is -3.38. The molecule has 1 aliphatic carbocycles. The number of methoxy groups -OCH3 is 2. The lowest BCUT2D eigenvalue weighted by Gasteiger charge is -2.38. The van der Waals surface area contributed by atoms with Crippen LogP contribution in [0, 0.1) is 23.7 Å². The Morgan fingerprint density at radius 3 is 1.98 bits per heavy atom. The van der Waals surface area contributed by atoms with E-state index in [2.05, 4.69) is 21.0 Å². The number of hydrogen-bond donors (Lipinski definition) is 4. The van der Waals surface area contributed by atoms with Gasteiger partial charge in [-0.05, 0) is 53.9 Å². The van der Waals surface area contributed by atoms with E-state index in [1.165, 1.54) is 14.2 Å². The molecule has 15 heteroatoms. The van der Waals surface area contributed by atoms with Crippen molar-refractivity contribution in [2.24, 2.45) is 29.4 Å². The van der Waals surface area contributed by atoms with E-state index in [1.807, 2.05) is 18.2 Å². The van der Waals surface area contributed by atoms with E-state index >= 15 is 0 Å². The van der Waals surface area contributed by atoms with Gasteiger partial charge in [0.1, 0.15) is 12.1 Å². The van der Waals surface area contributed by atoms with Crippen LogP contribution >= 0.6 is 0 Å². The third-order valence-corrected chi connectivity index (χ3v) is 11.0. The fourth-order valence-corrected chi connectivity index (χ4v) is 7.64. The van der Waals surface area contributed by atoms with Crippen molar-refractivity contribution in [2.45, 2.75) is 90.6 Å². The summed E-state index contributed by atoms with van der Waals surface area (Å²) in [4.78, 5) is 70.4. The van der Waals surface area contributed by atoms with Crippen LogP contribution in [0.2, 0.25) is 0 Å². The molecule has 2 fully saturated rings. The van der Waals surface area contributed by atoms with E-state index in [4.69, 9.17) is 24.7 Å². The van der Waals surface area contributed by atoms with Crippen molar-refractivity contribution in [1.82, 2.24) is 26.0 Å². The maximum absolute atomic E-state index is 15.0. The molecule has 1 saturated carbocycles. The van der Waals surface area contributed by atoms with Gasteiger partial charge in [0.2, 0.25) is 0 Å². The van der Waals surface area contributed by atoms with Crippen molar-refractivity contribution in [3.63, 3.8) is 0 Å². The monoisotopic (exact) mass is 808 g/mol. The minimum absolute atomic E-state index is 0.133. The second kappa shape index (κ2) is 23.1. The molecular formula is C43H64N6O9. The second-order valence-corrected chi connectivity index (χ2v) is 16.0. The van der Waals surface area contributed by atoms with Gasteiger partial charge in [-0.2, -0.15) is 0 Å². The summed E-state index contributed by atoms with van der Waals surface area (Å²) in [6, 6.07) is 13.2. The van der Waals surface area contributed by atoms with Gasteiger partial charge < -0.3 is 35.3 Å². The van der Waals surface area contributed by atoms with E-state index in [1.54, 1.807) is 69.1 Å². The number of alkyl carbamates (subject to hydrolysis) is 2. The molecule has 1 saturated heterocycles. The second-order valence-electron chi connectivity index (χ2n) is 16.0. The molecule has 1 unspecified atom stereocenters. The fourth-order valence-electron chi connectivity index (χ4n) is 7.64. The van der Waals surface area contributed by atoms with Gasteiger partial charge in [-0.3, -0.25) is 19.9 Å². The van der Waals surface area contributed by atoms with Gasteiger partial charge in [0.05, 0.1) is 51.5 Å². The number of Topliss-reactive ketones (excluding diaryl/α,β-unsaturated/α-hetero) is 1. The van der Waals surface area contributed by atoms with Crippen LogP contribution in [0.5, 0.6) is 0 Å². The van der Waals surface area contributed by atoms with Crippen LogP contribution in [0.1, 0.15) is 87.3 Å². The first-order valence-electron chi connectivity index (χ1n) is 20.5. The van der Waals surface area contributed by atoms with Gasteiger partial charge in [-0.15, -0.1) is 0 Å². The van der Waals surface area contributed by atoms with Gasteiger partial charge in [-0.1, -0.05) is 89.4 Å². The number of hydrogen-bond acceptors (Lipinski definition) is 12. The number of carbonyl (C=O) groups is 5. The van der Waals surface area contributed by atoms with Crippen LogP contribution in [0.25, 0.3) is 0 Å². The predicted molar refractivity (Wildman–Crippen MR) is 218 cm³/mol. The number of nitrogens with zero attached hydrogens (tertiary/aromatic N) is 2. The smallest absolute Gasteiger partial charge is 0.407 e. The Balaban J connectivity index is 1.78. The molecule has 320 valence electrons. The van der Waals surface area contributed by atoms with Crippen LogP contribution in [0.4, 0.5) is 9.59 Å². The summed E-state index contributed by atoms with van der Waals surface area (Å²) in [6.07, 6.45) is 2.22. The van der Waals surface area contributed by atoms with Crippen molar-refractivity contribution >= 4 is 29.8 Å². The van der Waals surface area contributed by atoms with E-state index < -0.39 is 65.9 Å². The first kappa shape index (κ1) is 46.1. The van der Waals surface area contributed by atoms with Crippen LogP contribution in [-0.4, -0.2) is 112 Å². The lowest BCUT2D eigenvalue weighted by Crippen LogP contribution is -2.59. The first-order chi connectivity index (χ1) is 27.8. The number of carbonyl (C=O) groups excluding carboxylic acids is 5. The maximum Gasteiger partial charge on any atom is 0.407 e. The van der Waals surface area contributed by atoms with Gasteiger partial charge in [-0.25, -0.2) is 19.4 Å². The standard InChI is InChI=1S/C43H64N6O9/c1-28(2)37(45-42(53)55-5)39(50)35(36(44)32-15-11-8-12-16-32)34(58-41(52)33-19-17-31(18-20-33)25-48-21-23-57-24-22-48)27-49(26-30-13-9-7-10-14-30)47-40(51)38(29(3)4)46-43(54)56-6/h8,11-12,15-20,28-30,34-38H,7,9-10,13-14,21-27,44H2,1-6H3,(H,45,53)(H,46,54)(H,47,51)/t34-,35-,36?,37+,38+/m1/s1.